The van der Waals surface area contributed by atoms with Crippen molar-refractivity contribution in [1.29, 1.82) is 0 Å². The van der Waals surface area contributed by atoms with E-state index in [9.17, 15) is 5.11 Å². The molecule has 1 aromatic rings. The van der Waals surface area contributed by atoms with Gasteiger partial charge in [0.1, 0.15) is 0 Å². The van der Waals surface area contributed by atoms with Crippen LogP contribution in [0.2, 0.25) is 0 Å². The quantitative estimate of drug-likeness (QED) is 0.757. The molecule has 1 aliphatic heterocycles. The molecule has 2 unspecified atom stereocenters. The first kappa shape index (κ1) is 9.74. The first-order chi connectivity index (χ1) is 6.83. The van der Waals surface area contributed by atoms with Crippen LogP contribution in [-0.2, 0) is 6.54 Å². The maximum atomic E-state index is 10.2. The molecule has 78 valence electrons. The van der Waals surface area contributed by atoms with Gasteiger partial charge in [-0.3, -0.25) is 0 Å². The number of hydrogen-bond donors (Lipinski definition) is 2. The van der Waals surface area contributed by atoms with Crippen molar-refractivity contribution in [1.82, 2.24) is 9.88 Å². The first-order valence-corrected chi connectivity index (χ1v) is 5.36. The third kappa shape index (κ3) is 1.70. The van der Waals surface area contributed by atoms with Crippen LogP contribution in [0.4, 0.5) is 0 Å². The fourth-order valence-corrected chi connectivity index (χ4v) is 2.17. The zero-order valence-electron chi connectivity index (χ0n) is 8.61. The predicted molar refractivity (Wildman–Crippen MR) is 56.0 cm³/mol. The van der Waals surface area contributed by atoms with Crippen molar-refractivity contribution in [3.8, 4) is 0 Å². The van der Waals surface area contributed by atoms with Crippen LogP contribution in [0.1, 0.15) is 25.1 Å². The van der Waals surface area contributed by atoms with E-state index in [2.05, 4.69) is 16.8 Å². The van der Waals surface area contributed by atoms with Crippen LogP contribution in [0.25, 0.3) is 0 Å². The van der Waals surface area contributed by atoms with Gasteiger partial charge in [0.25, 0.3) is 0 Å². The van der Waals surface area contributed by atoms with Crippen molar-refractivity contribution in [3.63, 3.8) is 0 Å². The average Bonchev–Trinajstić information content (AvgIpc) is 2.87. The molecule has 0 amide bonds. The van der Waals surface area contributed by atoms with Crippen molar-refractivity contribution < 1.29 is 5.11 Å². The summed E-state index contributed by atoms with van der Waals surface area (Å²) in [6.45, 7) is 5.01. The van der Waals surface area contributed by atoms with E-state index in [1.807, 2.05) is 18.3 Å². The molecule has 2 rings (SSSR count). The second kappa shape index (κ2) is 4.15. The molecule has 2 heterocycles. The Hall–Kier alpha value is -0.800. The van der Waals surface area contributed by atoms with Crippen molar-refractivity contribution in [3.05, 3.63) is 24.0 Å². The molecule has 1 aliphatic rings. The summed E-state index contributed by atoms with van der Waals surface area (Å²) in [5.74, 6) is 0.384. The van der Waals surface area contributed by atoms with E-state index in [-0.39, 0.29) is 6.10 Å². The van der Waals surface area contributed by atoms with E-state index in [0.29, 0.717) is 5.92 Å². The second-order valence-electron chi connectivity index (χ2n) is 3.92. The molecule has 0 radical (unpaired) electrons. The van der Waals surface area contributed by atoms with Crippen LogP contribution in [0.15, 0.2) is 18.3 Å². The molecular formula is C11H18N2O. The highest BCUT2D eigenvalue weighted by Crippen LogP contribution is 2.26. The van der Waals surface area contributed by atoms with Crippen molar-refractivity contribution in [2.45, 2.75) is 26.0 Å². The number of aromatic nitrogens is 1. The van der Waals surface area contributed by atoms with Crippen LogP contribution in [-0.4, -0.2) is 22.8 Å². The van der Waals surface area contributed by atoms with Gasteiger partial charge >= 0.3 is 0 Å². The lowest BCUT2D eigenvalue weighted by Gasteiger charge is -2.18. The van der Waals surface area contributed by atoms with E-state index < -0.39 is 0 Å². The largest absolute Gasteiger partial charge is 0.387 e. The summed E-state index contributed by atoms with van der Waals surface area (Å²) >= 11 is 0. The average molecular weight is 194 g/mol. The summed E-state index contributed by atoms with van der Waals surface area (Å²) in [6.07, 6.45) is 2.80. The van der Waals surface area contributed by atoms with Gasteiger partial charge in [0.15, 0.2) is 0 Å². The minimum Gasteiger partial charge on any atom is -0.387 e. The van der Waals surface area contributed by atoms with E-state index >= 15 is 0 Å². The molecular weight excluding hydrogens is 176 g/mol. The third-order valence-electron chi connectivity index (χ3n) is 3.05. The zero-order valence-corrected chi connectivity index (χ0v) is 8.61. The van der Waals surface area contributed by atoms with Gasteiger partial charge in [-0.2, -0.15) is 0 Å². The summed E-state index contributed by atoms with van der Waals surface area (Å²) in [4.78, 5) is 0. The Morgan fingerprint density at radius 3 is 3.21 bits per heavy atom. The normalized spacial score (nSPS) is 24.0. The maximum Gasteiger partial charge on any atom is 0.0980 e. The lowest BCUT2D eigenvalue weighted by atomic mass is 9.99. The highest BCUT2D eigenvalue weighted by atomic mass is 16.3. The van der Waals surface area contributed by atoms with E-state index in [4.69, 9.17) is 0 Å². The second-order valence-corrected chi connectivity index (χ2v) is 3.92. The Morgan fingerprint density at radius 1 is 1.71 bits per heavy atom. The lowest BCUT2D eigenvalue weighted by Crippen LogP contribution is -2.18. The maximum absolute atomic E-state index is 10.2. The molecule has 2 atom stereocenters. The number of aliphatic hydroxyl groups excluding tert-OH is 1. The Labute approximate surface area is 84.7 Å². The number of aliphatic hydroxyl groups is 1. The van der Waals surface area contributed by atoms with Crippen LogP contribution in [0.5, 0.6) is 0 Å². The van der Waals surface area contributed by atoms with Crippen LogP contribution in [0.3, 0.4) is 0 Å². The monoisotopic (exact) mass is 194 g/mol. The minimum atomic E-state index is -0.306. The van der Waals surface area contributed by atoms with Gasteiger partial charge in [-0.15, -0.1) is 0 Å². The molecule has 2 N–H and O–H groups in total. The van der Waals surface area contributed by atoms with Gasteiger partial charge in [-0.05, 0) is 32.0 Å². The molecule has 0 aromatic carbocycles. The predicted octanol–water partition coefficient (Wildman–Crippen LogP) is 1.15. The summed E-state index contributed by atoms with van der Waals surface area (Å²) < 4.78 is 2.11. The van der Waals surface area contributed by atoms with E-state index in [1.54, 1.807) is 0 Å². The molecule has 1 saturated heterocycles. The summed E-state index contributed by atoms with van der Waals surface area (Å²) in [5, 5.41) is 13.4. The van der Waals surface area contributed by atoms with Gasteiger partial charge in [0.2, 0.25) is 0 Å². The minimum absolute atomic E-state index is 0.306. The van der Waals surface area contributed by atoms with E-state index in [1.165, 1.54) is 0 Å². The van der Waals surface area contributed by atoms with Gasteiger partial charge < -0.3 is 15.0 Å². The number of nitrogens with one attached hydrogen (secondary N) is 1. The van der Waals surface area contributed by atoms with Crippen LogP contribution in [0, 0.1) is 5.92 Å². The van der Waals surface area contributed by atoms with Crippen molar-refractivity contribution in [2.75, 3.05) is 13.1 Å². The standard InChI is InChI=1S/C11H18N2O/c1-2-13-7-3-4-10(13)11(14)9-5-6-12-8-9/h3-4,7,9,11-12,14H,2,5-6,8H2,1H3. The molecule has 3 nitrogen and oxygen atoms in total. The summed E-state index contributed by atoms with van der Waals surface area (Å²) in [5.41, 5.74) is 1.06. The Balaban J connectivity index is 2.12. The molecule has 0 saturated carbocycles. The molecule has 14 heavy (non-hydrogen) atoms. The highest BCUT2D eigenvalue weighted by Gasteiger charge is 2.25. The number of hydrogen-bond acceptors (Lipinski definition) is 2. The highest BCUT2D eigenvalue weighted by molar-refractivity contribution is 5.11. The Bertz CT molecular complexity index is 289. The topological polar surface area (TPSA) is 37.2 Å². The SMILES string of the molecule is CCn1cccc1C(O)C1CCNC1. The lowest BCUT2D eigenvalue weighted by molar-refractivity contribution is 0.110. The summed E-state index contributed by atoms with van der Waals surface area (Å²) in [6, 6.07) is 4.02. The molecule has 0 bridgehead atoms. The fourth-order valence-electron chi connectivity index (χ4n) is 2.17. The Kier molecular flexibility index (Phi) is 2.89. The number of rotatable bonds is 3. The fraction of sp³-hybridized carbons (Fsp3) is 0.636. The van der Waals surface area contributed by atoms with Crippen LogP contribution >= 0.6 is 0 Å². The zero-order chi connectivity index (χ0) is 9.97. The number of nitrogens with zero attached hydrogens (tertiary/aromatic N) is 1. The van der Waals surface area contributed by atoms with E-state index in [0.717, 1.165) is 31.7 Å². The summed E-state index contributed by atoms with van der Waals surface area (Å²) in [7, 11) is 0. The molecule has 1 fully saturated rings. The van der Waals surface area contributed by atoms with Crippen LogP contribution < -0.4 is 5.32 Å². The number of aryl methyl sites for hydroxylation is 1. The van der Waals surface area contributed by atoms with Gasteiger partial charge in [-0.1, -0.05) is 0 Å². The van der Waals surface area contributed by atoms with Crippen molar-refractivity contribution in [2.24, 2.45) is 5.92 Å². The first-order valence-electron chi connectivity index (χ1n) is 5.36. The van der Waals surface area contributed by atoms with Gasteiger partial charge in [0.05, 0.1) is 6.10 Å². The van der Waals surface area contributed by atoms with Crippen molar-refractivity contribution >= 4 is 0 Å². The Morgan fingerprint density at radius 2 is 2.57 bits per heavy atom. The van der Waals surface area contributed by atoms with Gasteiger partial charge in [0, 0.05) is 30.9 Å². The smallest absolute Gasteiger partial charge is 0.0980 e. The molecule has 3 heteroatoms. The molecule has 1 aromatic heterocycles. The third-order valence-corrected chi connectivity index (χ3v) is 3.05. The van der Waals surface area contributed by atoms with Gasteiger partial charge in [-0.25, -0.2) is 0 Å². The molecule has 0 spiro atoms. The molecule has 0 aliphatic carbocycles.